The standard InChI is InChI=1S/C17H15N3O5/c1-3-25-16-8-13(14(20(22)23)9-15(16)24-2)17(21)19-12-6-4-5-11(7-12)10-18/h4-9H,3H2,1-2H3,(H,19,21). The van der Waals surface area contributed by atoms with E-state index < -0.39 is 16.5 Å². The minimum atomic E-state index is -0.689. The Morgan fingerprint density at radius 3 is 2.68 bits per heavy atom. The first-order chi connectivity index (χ1) is 12.0. The molecule has 1 amide bonds. The lowest BCUT2D eigenvalue weighted by molar-refractivity contribution is -0.385. The fraction of sp³-hybridized carbons (Fsp3) is 0.176. The molecule has 2 aromatic rings. The summed E-state index contributed by atoms with van der Waals surface area (Å²) >= 11 is 0. The second-order valence-corrected chi connectivity index (χ2v) is 4.86. The molecule has 0 heterocycles. The number of nitrogens with zero attached hydrogens (tertiary/aromatic N) is 2. The average Bonchev–Trinajstić information content (AvgIpc) is 2.61. The predicted molar refractivity (Wildman–Crippen MR) is 89.9 cm³/mol. The molecule has 0 aliphatic carbocycles. The van der Waals surface area contributed by atoms with Crippen LogP contribution in [0.4, 0.5) is 11.4 Å². The van der Waals surface area contributed by atoms with Crippen LogP contribution in [-0.4, -0.2) is 24.5 Å². The maximum Gasteiger partial charge on any atom is 0.286 e. The Bertz CT molecular complexity index is 858. The van der Waals surface area contributed by atoms with Crippen molar-refractivity contribution in [3.05, 3.63) is 57.6 Å². The molecule has 2 rings (SSSR count). The lowest BCUT2D eigenvalue weighted by Gasteiger charge is -2.12. The summed E-state index contributed by atoms with van der Waals surface area (Å²) in [4.78, 5) is 23.1. The first-order valence-corrected chi connectivity index (χ1v) is 7.30. The molecule has 0 aliphatic heterocycles. The zero-order valence-electron chi connectivity index (χ0n) is 13.6. The van der Waals surface area contributed by atoms with Crippen molar-refractivity contribution in [1.82, 2.24) is 0 Å². The molecule has 0 bridgehead atoms. The van der Waals surface area contributed by atoms with Gasteiger partial charge in [-0.3, -0.25) is 14.9 Å². The predicted octanol–water partition coefficient (Wildman–Crippen LogP) is 3.13. The third-order valence-electron chi connectivity index (χ3n) is 3.27. The van der Waals surface area contributed by atoms with E-state index in [2.05, 4.69) is 5.32 Å². The quantitative estimate of drug-likeness (QED) is 0.637. The zero-order chi connectivity index (χ0) is 18.4. The molecule has 0 spiro atoms. The highest BCUT2D eigenvalue weighted by atomic mass is 16.6. The van der Waals surface area contributed by atoms with Crippen molar-refractivity contribution >= 4 is 17.3 Å². The molecule has 0 unspecified atom stereocenters. The first-order valence-electron chi connectivity index (χ1n) is 7.30. The number of nitro benzene ring substituents is 1. The Labute approximate surface area is 143 Å². The monoisotopic (exact) mass is 341 g/mol. The smallest absolute Gasteiger partial charge is 0.286 e. The summed E-state index contributed by atoms with van der Waals surface area (Å²) in [6, 6.07) is 10.6. The fourth-order valence-corrected chi connectivity index (χ4v) is 2.17. The SMILES string of the molecule is CCOc1cc(C(=O)Nc2cccc(C#N)c2)c([N+](=O)[O-])cc1OC. The van der Waals surface area contributed by atoms with E-state index in [0.29, 0.717) is 17.9 Å². The van der Waals surface area contributed by atoms with Gasteiger partial charge in [-0.05, 0) is 25.1 Å². The molecule has 128 valence electrons. The van der Waals surface area contributed by atoms with Gasteiger partial charge in [0.2, 0.25) is 0 Å². The van der Waals surface area contributed by atoms with Crippen molar-refractivity contribution in [1.29, 1.82) is 5.26 Å². The molecule has 0 atom stereocenters. The van der Waals surface area contributed by atoms with Crippen LogP contribution in [0.15, 0.2) is 36.4 Å². The maximum atomic E-state index is 12.5. The molecule has 8 nitrogen and oxygen atoms in total. The number of nitrogens with one attached hydrogen (secondary N) is 1. The number of rotatable bonds is 6. The van der Waals surface area contributed by atoms with Gasteiger partial charge >= 0.3 is 0 Å². The molecule has 0 fully saturated rings. The van der Waals surface area contributed by atoms with Gasteiger partial charge in [-0.1, -0.05) is 6.07 Å². The summed E-state index contributed by atoms with van der Waals surface area (Å²) < 4.78 is 10.4. The van der Waals surface area contributed by atoms with E-state index in [4.69, 9.17) is 14.7 Å². The maximum absolute atomic E-state index is 12.5. The molecule has 0 saturated heterocycles. The summed E-state index contributed by atoms with van der Waals surface area (Å²) in [7, 11) is 1.36. The fourth-order valence-electron chi connectivity index (χ4n) is 2.17. The van der Waals surface area contributed by atoms with Crippen molar-refractivity contribution in [2.75, 3.05) is 19.0 Å². The number of amides is 1. The Morgan fingerprint density at radius 1 is 1.32 bits per heavy atom. The number of hydrogen-bond donors (Lipinski definition) is 1. The minimum Gasteiger partial charge on any atom is -0.493 e. The molecule has 0 aromatic heterocycles. The van der Waals surface area contributed by atoms with Crippen LogP contribution in [0.2, 0.25) is 0 Å². The normalized spacial score (nSPS) is 9.80. The van der Waals surface area contributed by atoms with Crippen molar-refractivity contribution in [3.63, 3.8) is 0 Å². The number of carbonyl (C=O) groups is 1. The average molecular weight is 341 g/mol. The van der Waals surface area contributed by atoms with Gasteiger partial charge in [0.05, 0.1) is 36.3 Å². The van der Waals surface area contributed by atoms with Crippen LogP contribution in [0.1, 0.15) is 22.8 Å². The van der Waals surface area contributed by atoms with E-state index >= 15 is 0 Å². The second-order valence-electron chi connectivity index (χ2n) is 4.86. The minimum absolute atomic E-state index is 0.163. The summed E-state index contributed by atoms with van der Waals surface area (Å²) in [6.07, 6.45) is 0. The van der Waals surface area contributed by atoms with E-state index in [1.165, 1.54) is 19.2 Å². The van der Waals surface area contributed by atoms with E-state index in [1.807, 2.05) is 6.07 Å². The van der Waals surface area contributed by atoms with Crippen LogP contribution in [0.3, 0.4) is 0 Å². The molecule has 2 aromatic carbocycles. The number of ether oxygens (including phenoxy) is 2. The highest BCUT2D eigenvalue weighted by Crippen LogP contribution is 2.35. The lowest BCUT2D eigenvalue weighted by atomic mass is 10.1. The topological polar surface area (TPSA) is 114 Å². The highest BCUT2D eigenvalue weighted by Gasteiger charge is 2.24. The molecule has 0 saturated carbocycles. The van der Waals surface area contributed by atoms with Gasteiger partial charge in [-0.2, -0.15) is 5.26 Å². The van der Waals surface area contributed by atoms with Crippen LogP contribution in [-0.2, 0) is 0 Å². The molecule has 8 heteroatoms. The van der Waals surface area contributed by atoms with Crippen LogP contribution >= 0.6 is 0 Å². The van der Waals surface area contributed by atoms with E-state index in [0.717, 1.165) is 6.07 Å². The Kier molecular flexibility index (Phi) is 5.53. The van der Waals surface area contributed by atoms with Crippen molar-refractivity contribution < 1.29 is 19.2 Å². The van der Waals surface area contributed by atoms with Gasteiger partial charge < -0.3 is 14.8 Å². The summed E-state index contributed by atoms with van der Waals surface area (Å²) in [5.74, 6) is -0.298. The Balaban J connectivity index is 2.44. The van der Waals surface area contributed by atoms with Crippen LogP contribution in [0.5, 0.6) is 11.5 Å². The van der Waals surface area contributed by atoms with Crippen LogP contribution in [0.25, 0.3) is 0 Å². The van der Waals surface area contributed by atoms with Crippen molar-refractivity contribution in [2.24, 2.45) is 0 Å². The van der Waals surface area contributed by atoms with E-state index in [1.54, 1.807) is 25.1 Å². The van der Waals surface area contributed by atoms with E-state index in [-0.39, 0.29) is 17.1 Å². The van der Waals surface area contributed by atoms with Gasteiger partial charge in [0.1, 0.15) is 5.56 Å². The number of methoxy groups -OCH3 is 1. The molecule has 25 heavy (non-hydrogen) atoms. The van der Waals surface area contributed by atoms with E-state index in [9.17, 15) is 14.9 Å². The lowest BCUT2D eigenvalue weighted by Crippen LogP contribution is -2.14. The van der Waals surface area contributed by atoms with Crippen molar-refractivity contribution in [2.45, 2.75) is 6.92 Å². The molecule has 0 aliphatic rings. The Morgan fingerprint density at radius 2 is 2.08 bits per heavy atom. The summed E-state index contributed by atoms with van der Waals surface area (Å²) in [5.41, 5.74) is 0.134. The molecule has 1 N–H and O–H groups in total. The number of nitriles is 1. The van der Waals surface area contributed by atoms with Crippen LogP contribution in [0, 0.1) is 21.4 Å². The molecular formula is C17H15N3O5. The highest BCUT2D eigenvalue weighted by molar-refractivity contribution is 6.07. The molecule has 0 radical (unpaired) electrons. The second kappa shape index (κ2) is 7.79. The zero-order valence-corrected chi connectivity index (χ0v) is 13.6. The Hall–Kier alpha value is -3.60. The number of benzene rings is 2. The third kappa shape index (κ3) is 4.03. The van der Waals surface area contributed by atoms with Crippen molar-refractivity contribution in [3.8, 4) is 17.6 Å². The van der Waals surface area contributed by atoms with Gasteiger partial charge in [-0.15, -0.1) is 0 Å². The van der Waals surface area contributed by atoms with Gasteiger partial charge in [0.25, 0.3) is 11.6 Å². The van der Waals surface area contributed by atoms with Gasteiger partial charge in [0.15, 0.2) is 11.5 Å². The number of nitro groups is 1. The number of carbonyl (C=O) groups excluding carboxylic acids is 1. The number of anilines is 1. The van der Waals surface area contributed by atoms with Gasteiger partial charge in [0, 0.05) is 11.8 Å². The summed E-state index contributed by atoms with van der Waals surface area (Å²) in [5, 5.41) is 22.7. The summed E-state index contributed by atoms with van der Waals surface area (Å²) in [6.45, 7) is 2.05. The van der Waals surface area contributed by atoms with Gasteiger partial charge in [-0.25, -0.2) is 0 Å². The third-order valence-corrected chi connectivity index (χ3v) is 3.27. The largest absolute Gasteiger partial charge is 0.493 e. The molecular weight excluding hydrogens is 326 g/mol. The first kappa shape index (κ1) is 17.7. The number of hydrogen-bond acceptors (Lipinski definition) is 6. The van der Waals surface area contributed by atoms with Crippen LogP contribution < -0.4 is 14.8 Å².